The van der Waals surface area contributed by atoms with Gasteiger partial charge < -0.3 is 15.4 Å². The first-order chi connectivity index (χ1) is 17.5. The molecule has 4 rings (SSSR count). The lowest BCUT2D eigenvalue weighted by atomic mass is 10.1. The largest absolute Gasteiger partial charge is 0.497 e. The fraction of sp³-hybridized carbons (Fsp3) is 0.200. The fourth-order valence-corrected chi connectivity index (χ4v) is 5.18. The molecule has 0 bridgehead atoms. The number of benzene rings is 2. The van der Waals surface area contributed by atoms with E-state index in [9.17, 15) is 22.8 Å². The van der Waals surface area contributed by atoms with Crippen LogP contribution in [0, 0.1) is 13.8 Å². The average molecular weight is 547 g/mol. The van der Waals surface area contributed by atoms with Gasteiger partial charge in [-0.05, 0) is 61.9 Å². The van der Waals surface area contributed by atoms with Gasteiger partial charge in [-0.2, -0.15) is 13.2 Å². The maximum absolute atomic E-state index is 12.8. The van der Waals surface area contributed by atoms with Crippen LogP contribution in [-0.2, 0) is 17.4 Å². The van der Waals surface area contributed by atoms with Crippen LogP contribution in [0.4, 0.5) is 24.0 Å². The molecule has 192 valence electrons. The second-order valence-electron chi connectivity index (χ2n) is 8.01. The van der Waals surface area contributed by atoms with Gasteiger partial charge >= 0.3 is 6.18 Å². The molecule has 2 amide bonds. The predicted octanol–water partition coefficient (Wildman–Crippen LogP) is 6.34. The minimum Gasteiger partial charge on any atom is -0.497 e. The SMILES string of the molecule is COc1cc(CC(=O)Nc2nc(-c3sc(C)nc3C)cs2)cc(C(=O)Nc2ccc(C(F)(F)F)cc2)c1. The summed E-state index contributed by atoms with van der Waals surface area (Å²) in [7, 11) is 1.43. The van der Waals surface area contributed by atoms with Crippen LogP contribution in [-0.4, -0.2) is 28.9 Å². The number of carbonyl (C=O) groups excluding carboxylic acids is 2. The summed E-state index contributed by atoms with van der Waals surface area (Å²) in [6, 6.07) is 8.76. The van der Waals surface area contributed by atoms with Gasteiger partial charge in [0.15, 0.2) is 5.13 Å². The highest BCUT2D eigenvalue weighted by atomic mass is 32.1. The van der Waals surface area contributed by atoms with Crippen LogP contribution in [0.25, 0.3) is 10.6 Å². The molecule has 0 aliphatic rings. The van der Waals surface area contributed by atoms with Crippen LogP contribution >= 0.6 is 22.7 Å². The Kier molecular flexibility index (Phi) is 7.60. The van der Waals surface area contributed by atoms with E-state index in [2.05, 4.69) is 20.6 Å². The molecule has 0 fully saturated rings. The summed E-state index contributed by atoms with van der Waals surface area (Å²) < 4.78 is 43.6. The molecule has 0 aliphatic carbocycles. The normalized spacial score (nSPS) is 11.3. The van der Waals surface area contributed by atoms with E-state index in [-0.39, 0.29) is 23.6 Å². The smallest absolute Gasteiger partial charge is 0.416 e. The number of aryl methyl sites for hydroxylation is 2. The molecular formula is C25H21F3N4O3S2. The Labute approximate surface area is 218 Å². The number of halogens is 3. The zero-order valence-corrected chi connectivity index (χ0v) is 21.5. The molecular weight excluding hydrogens is 525 g/mol. The van der Waals surface area contributed by atoms with Gasteiger partial charge in [0.2, 0.25) is 5.91 Å². The van der Waals surface area contributed by atoms with Crippen LogP contribution in [0.1, 0.15) is 32.2 Å². The number of methoxy groups -OCH3 is 1. The number of alkyl halides is 3. The van der Waals surface area contributed by atoms with Crippen molar-refractivity contribution in [3.63, 3.8) is 0 Å². The molecule has 0 unspecified atom stereocenters. The van der Waals surface area contributed by atoms with Crippen molar-refractivity contribution in [2.45, 2.75) is 26.4 Å². The number of ether oxygens (including phenoxy) is 1. The van der Waals surface area contributed by atoms with Crippen LogP contribution in [0.3, 0.4) is 0 Å². The van der Waals surface area contributed by atoms with Gasteiger partial charge in [0.1, 0.15) is 5.75 Å². The van der Waals surface area contributed by atoms with E-state index in [0.29, 0.717) is 16.4 Å². The van der Waals surface area contributed by atoms with Crippen LogP contribution in [0.2, 0.25) is 0 Å². The summed E-state index contributed by atoms with van der Waals surface area (Å²) in [5.74, 6) is -0.531. The molecule has 0 saturated heterocycles. The lowest BCUT2D eigenvalue weighted by Gasteiger charge is -2.11. The predicted molar refractivity (Wildman–Crippen MR) is 137 cm³/mol. The Morgan fingerprint density at radius 2 is 1.76 bits per heavy atom. The fourth-order valence-electron chi connectivity index (χ4n) is 3.51. The number of amides is 2. The van der Waals surface area contributed by atoms with Gasteiger partial charge in [0.05, 0.1) is 40.4 Å². The Hall–Kier alpha value is -3.77. The van der Waals surface area contributed by atoms with Gasteiger partial charge in [-0.3, -0.25) is 9.59 Å². The Bertz CT molecular complexity index is 1450. The molecule has 0 radical (unpaired) electrons. The van der Waals surface area contributed by atoms with E-state index < -0.39 is 17.6 Å². The van der Waals surface area contributed by atoms with Gasteiger partial charge in [-0.25, -0.2) is 9.97 Å². The first-order valence-corrected chi connectivity index (χ1v) is 12.6. The van der Waals surface area contributed by atoms with Crippen molar-refractivity contribution in [1.29, 1.82) is 0 Å². The van der Waals surface area contributed by atoms with Crippen molar-refractivity contribution >= 4 is 45.3 Å². The van der Waals surface area contributed by atoms with Crippen LogP contribution in [0.5, 0.6) is 5.75 Å². The molecule has 0 saturated carbocycles. The molecule has 2 aromatic heterocycles. The van der Waals surface area contributed by atoms with E-state index in [1.54, 1.807) is 6.07 Å². The monoisotopic (exact) mass is 546 g/mol. The first kappa shape index (κ1) is 26.3. The number of nitrogens with one attached hydrogen (secondary N) is 2. The number of rotatable bonds is 7. The molecule has 0 spiro atoms. The van der Waals surface area contributed by atoms with Gasteiger partial charge in [-0.1, -0.05) is 0 Å². The second kappa shape index (κ2) is 10.7. The summed E-state index contributed by atoms with van der Waals surface area (Å²) >= 11 is 2.83. The maximum atomic E-state index is 12.8. The lowest BCUT2D eigenvalue weighted by Crippen LogP contribution is -2.16. The summed E-state index contributed by atoms with van der Waals surface area (Å²) in [6.07, 6.45) is -4.52. The van der Waals surface area contributed by atoms with Crippen LogP contribution < -0.4 is 15.4 Å². The second-order valence-corrected chi connectivity index (χ2v) is 10.1. The van der Waals surface area contributed by atoms with Crippen molar-refractivity contribution < 1.29 is 27.5 Å². The van der Waals surface area contributed by atoms with Gasteiger partial charge in [0, 0.05) is 16.6 Å². The molecule has 4 aromatic rings. The van der Waals surface area contributed by atoms with Gasteiger partial charge in [0.25, 0.3) is 5.91 Å². The molecule has 12 heteroatoms. The number of hydrogen-bond acceptors (Lipinski definition) is 7. The van der Waals surface area contributed by atoms with Crippen molar-refractivity contribution in [3.8, 4) is 16.3 Å². The van der Waals surface area contributed by atoms with E-state index in [0.717, 1.165) is 33.4 Å². The highest BCUT2D eigenvalue weighted by molar-refractivity contribution is 7.16. The third-order valence-corrected chi connectivity index (χ3v) is 7.04. The summed E-state index contributed by atoms with van der Waals surface area (Å²) in [5.41, 5.74) is 1.71. The zero-order chi connectivity index (χ0) is 26.7. The molecule has 0 aliphatic heterocycles. The Morgan fingerprint density at radius 1 is 1.03 bits per heavy atom. The Morgan fingerprint density at radius 3 is 2.38 bits per heavy atom. The first-order valence-electron chi connectivity index (χ1n) is 10.9. The summed E-state index contributed by atoms with van der Waals surface area (Å²) in [5, 5.41) is 8.55. The quantitative estimate of drug-likeness (QED) is 0.282. The summed E-state index contributed by atoms with van der Waals surface area (Å²) in [4.78, 5) is 35.3. The van der Waals surface area contributed by atoms with E-state index in [1.807, 2.05) is 19.2 Å². The molecule has 7 nitrogen and oxygen atoms in total. The standard InChI is InChI=1S/C25H21F3N4O3S2/c1-13-22(37-14(2)29-13)20-12-36-24(31-20)32-21(33)10-15-8-16(11-19(9-15)35-3)23(34)30-18-6-4-17(5-7-18)25(26,27)28/h4-9,11-12H,10H2,1-3H3,(H,30,34)(H,31,32,33). The molecule has 2 N–H and O–H groups in total. The highest BCUT2D eigenvalue weighted by Gasteiger charge is 2.30. The van der Waals surface area contributed by atoms with Crippen molar-refractivity contribution in [2.75, 3.05) is 17.7 Å². The number of thiazole rings is 2. The lowest BCUT2D eigenvalue weighted by molar-refractivity contribution is -0.137. The minimum atomic E-state index is -4.47. The Balaban J connectivity index is 1.44. The van der Waals surface area contributed by atoms with Crippen molar-refractivity contribution in [3.05, 3.63) is 75.2 Å². The average Bonchev–Trinajstić information content (AvgIpc) is 3.43. The van der Waals surface area contributed by atoms with E-state index in [4.69, 9.17) is 4.74 Å². The zero-order valence-electron chi connectivity index (χ0n) is 19.9. The van der Waals surface area contributed by atoms with E-state index >= 15 is 0 Å². The topological polar surface area (TPSA) is 93.2 Å². The molecule has 0 atom stereocenters. The van der Waals surface area contributed by atoms with Crippen molar-refractivity contribution in [2.24, 2.45) is 0 Å². The maximum Gasteiger partial charge on any atom is 0.416 e. The number of carbonyl (C=O) groups is 2. The van der Waals surface area contributed by atoms with Gasteiger partial charge in [-0.15, -0.1) is 22.7 Å². The van der Waals surface area contributed by atoms with Crippen molar-refractivity contribution in [1.82, 2.24) is 9.97 Å². The molecule has 2 aromatic carbocycles. The number of anilines is 2. The number of hydrogen-bond donors (Lipinski definition) is 2. The minimum absolute atomic E-state index is 0.0502. The highest BCUT2D eigenvalue weighted by Crippen LogP contribution is 2.32. The summed E-state index contributed by atoms with van der Waals surface area (Å²) in [6.45, 7) is 3.83. The van der Waals surface area contributed by atoms with Crippen LogP contribution in [0.15, 0.2) is 47.8 Å². The molecule has 2 heterocycles. The van der Waals surface area contributed by atoms with E-state index in [1.165, 1.54) is 54.0 Å². The number of nitrogens with zero attached hydrogens (tertiary/aromatic N) is 2. The third-order valence-electron chi connectivity index (χ3n) is 5.19. The molecule has 37 heavy (non-hydrogen) atoms. The number of aromatic nitrogens is 2. The third kappa shape index (κ3) is 6.52.